The van der Waals surface area contributed by atoms with Crippen molar-refractivity contribution in [2.75, 3.05) is 4.90 Å². The quantitative estimate of drug-likeness (QED) is 0.190. The van der Waals surface area contributed by atoms with Gasteiger partial charge in [0.05, 0.1) is 16.8 Å². The molecule has 0 saturated carbocycles. The highest BCUT2D eigenvalue weighted by Gasteiger charge is 2.23. The fourth-order valence-corrected chi connectivity index (χ4v) is 7.49. The third kappa shape index (κ3) is 4.37. The zero-order valence-corrected chi connectivity index (χ0v) is 26.5. The first kappa shape index (κ1) is 27.5. The van der Waals surface area contributed by atoms with E-state index in [0.717, 1.165) is 88.6 Å². The normalized spacial score (nSPS) is 11.7. The number of fused-ring (bicyclic) bond motifs is 8. The second-order valence-corrected chi connectivity index (χ2v) is 12.5. The van der Waals surface area contributed by atoms with Crippen LogP contribution < -0.4 is 4.90 Å². The number of furan rings is 2. The van der Waals surface area contributed by atoms with Gasteiger partial charge in [0.2, 0.25) is 0 Å². The summed E-state index contributed by atoms with van der Waals surface area (Å²) in [4.78, 5) is 2.39. The highest BCUT2D eigenvalue weighted by molar-refractivity contribution is 6.19. The van der Waals surface area contributed by atoms with Crippen LogP contribution in [-0.4, -0.2) is 0 Å². The van der Waals surface area contributed by atoms with Gasteiger partial charge in [0.25, 0.3) is 0 Å². The van der Waals surface area contributed by atoms with Crippen LogP contribution >= 0.6 is 0 Å². The van der Waals surface area contributed by atoms with Crippen LogP contribution in [-0.2, 0) is 0 Å². The average Bonchev–Trinajstić information content (AvgIpc) is 3.75. The first-order valence-electron chi connectivity index (χ1n) is 16.6. The maximum Gasteiger partial charge on any atom is 0.143 e. The van der Waals surface area contributed by atoms with Gasteiger partial charge in [0.15, 0.2) is 0 Å². The van der Waals surface area contributed by atoms with Crippen molar-refractivity contribution < 1.29 is 8.83 Å². The summed E-state index contributed by atoms with van der Waals surface area (Å²) in [5.74, 6) is 0. The van der Waals surface area contributed by atoms with Gasteiger partial charge >= 0.3 is 0 Å². The Kier molecular flexibility index (Phi) is 6.18. The van der Waals surface area contributed by atoms with Crippen LogP contribution in [0.2, 0.25) is 0 Å². The zero-order valence-electron chi connectivity index (χ0n) is 26.5. The minimum atomic E-state index is 0.860. The van der Waals surface area contributed by atoms with Gasteiger partial charge in [-0.2, -0.15) is 0 Å². The molecular formula is C46H29NO2. The Bertz CT molecular complexity index is 2840. The molecule has 0 bridgehead atoms. The minimum absolute atomic E-state index is 0.860. The average molecular weight is 628 g/mol. The highest BCUT2D eigenvalue weighted by Crippen LogP contribution is 2.47. The molecule has 0 aliphatic heterocycles. The molecule has 10 aromatic rings. The van der Waals surface area contributed by atoms with E-state index in [1.54, 1.807) is 0 Å². The lowest BCUT2D eigenvalue weighted by Crippen LogP contribution is -2.11. The Hall–Kier alpha value is -6.58. The molecule has 0 unspecified atom stereocenters. The van der Waals surface area contributed by atoms with E-state index in [2.05, 4.69) is 169 Å². The van der Waals surface area contributed by atoms with E-state index in [4.69, 9.17) is 8.83 Å². The number of benzene rings is 8. The minimum Gasteiger partial charge on any atom is -0.456 e. The Morgan fingerprint density at radius 1 is 0.367 bits per heavy atom. The number of nitrogens with zero attached hydrogens (tertiary/aromatic N) is 1. The molecule has 49 heavy (non-hydrogen) atoms. The molecule has 0 atom stereocenters. The molecule has 0 saturated heterocycles. The molecule has 0 amide bonds. The van der Waals surface area contributed by atoms with Gasteiger partial charge in [0, 0.05) is 32.8 Å². The molecule has 0 N–H and O–H groups in total. The van der Waals surface area contributed by atoms with E-state index in [0.29, 0.717) is 0 Å². The van der Waals surface area contributed by atoms with Crippen molar-refractivity contribution in [2.24, 2.45) is 0 Å². The van der Waals surface area contributed by atoms with Crippen LogP contribution in [0.15, 0.2) is 185 Å². The monoisotopic (exact) mass is 627 g/mol. The van der Waals surface area contributed by atoms with Gasteiger partial charge in [-0.15, -0.1) is 0 Å². The summed E-state index contributed by atoms with van der Waals surface area (Å²) < 4.78 is 13.0. The smallest absolute Gasteiger partial charge is 0.143 e. The topological polar surface area (TPSA) is 29.5 Å². The largest absolute Gasteiger partial charge is 0.456 e. The molecule has 0 radical (unpaired) electrons. The number of anilines is 3. The van der Waals surface area contributed by atoms with Gasteiger partial charge in [0.1, 0.15) is 22.3 Å². The van der Waals surface area contributed by atoms with E-state index < -0.39 is 0 Å². The Labute approximate surface area is 282 Å². The molecule has 0 spiro atoms. The first-order valence-corrected chi connectivity index (χ1v) is 16.6. The van der Waals surface area contributed by atoms with Gasteiger partial charge < -0.3 is 13.7 Å². The molecule has 10 rings (SSSR count). The van der Waals surface area contributed by atoms with E-state index in [1.165, 1.54) is 5.39 Å². The van der Waals surface area contributed by atoms with E-state index in [-0.39, 0.29) is 0 Å². The SMILES string of the molecule is c1ccc(-c2ccccc2N(c2cccc(-c3cccc4oc5c6ccccc6ccc5c34)c2)c2cccc3oc4ccccc4c23)cc1. The predicted molar refractivity (Wildman–Crippen MR) is 204 cm³/mol. The van der Waals surface area contributed by atoms with Crippen molar-refractivity contribution in [3.63, 3.8) is 0 Å². The summed E-state index contributed by atoms with van der Waals surface area (Å²) in [6.07, 6.45) is 0. The fraction of sp³-hybridized carbons (Fsp3) is 0. The Balaban J connectivity index is 1.24. The molecule has 0 aliphatic carbocycles. The van der Waals surface area contributed by atoms with Crippen molar-refractivity contribution in [3.8, 4) is 22.3 Å². The van der Waals surface area contributed by atoms with E-state index >= 15 is 0 Å². The van der Waals surface area contributed by atoms with Crippen molar-refractivity contribution in [1.29, 1.82) is 0 Å². The predicted octanol–water partition coefficient (Wildman–Crippen LogP) is 13.4. The van der Waals surface area contributed by atoms with Gasteiger partial charge in [-0.3, -0.25) is 0 Å². The second-order valence-electron chi connectivity index (χ2n) is 12.5. The molecule has 2 aromatic heterocycles. The number of hydrogen-bond donors (Lipinski definition) is 0. The van der Waals surface area contributed by atoms with Crippen LogP contribution in [0, 0.1) is 0 Å². The van der Waals surface area contributed by atoms with E-state index in [1.807, 2.05) is 12.1 Å². The first-order chi connectivity index (χ1) is 24.3. The Morgan fingerprint density at radius 2 is 1.02 bits per heavy atom. The summed E-state index contributed by atoms with van der Waals surface area (Å²) in [5.41, 5.74) is 11.3. The standard InChI is InChI=1S/C46H29NO2/c1-2-13-30(14-3-1)34-18-6-8-22-39(34)47(40-23-12-26-43-45(40)37-20-7-9-24-41(37)48-43)33-17-10-16-32(29-33)35-21-11-25-42-44(35)38-28-27-31-15-4-5-19-36(31)46(38)49-42/h1-29H. The summed E-state index contributed by atoms with van der Waals surface area (Å²) in [6.45, 7) is 0. The van der Waals surface area contributed by atoms with Crippen LogP contribution in [0.1, 0.15) is 0 Å². The molecule has 3 nitrogen and oxygen atoms in total. The molecular weight excluding hydrogens is 599 g/mol. The Morgan fingerprint density at radius 3 is 1.94 bits per heavy atom. The second kappa shape index (κ2) is 11.0. The maximum absolute atomic E-state index is 6.57. The molecule has 8 aromatic carbocycles. The summed E-state index contributed by atoms with van der Waals surface area (Å²) >= 11 is 0. The highest BCUT2D eigenvalue weighted by atomic mass is 16.3. The summed E-state index contributed by atoms with van der Waals surface area (Å²) in [5, 5.41) is 6.72. The molecule has 2 heterocycles. The van der Waals surface area contributed by atoms with Gasteiger partial charge in [-0.25, -0.2) is 0 Å². The third-order valence-electron chi connectivity index (χ3n) is 9.65. The summed E-state index contributed by atoms with van der Waals surface area (Å²) in [7, 11) is 0. The van der Waals surface area contributed by atoms with E-state index in [9.17, 15) is 0 Å². The van der Waals surface area contributed by atoms with Crippen molar-refractivity contribution >= 4 is 71.7 Å². The number of rotatable bonds is 5. The maximum atomic E-state index is 6.57. The molecule has 3 heteroatoms. The van der Waals surface area contributed by atoms with Gasteiger partial charge in [-0.1, -0.05) is 127 Å². The van der Waals surface area contributed by atoms with Gasteiger partial charge in [-0.05, 0) is 70.6 Å². The fourth-order valence-electron chi connectivity index (χ4n) is 7.49. The molecule has 0 aliphatic rings. The molecule has 0 fully saturated rings. The lowest BCUT2D eigenvalue weighted by atomic mass is 9.97. The lowest BCUT2D eigenvalue weighted by Gasteiger charge is -2.29. The van der Waals surface area contributed by atoms with Crippen molar-refractivity contribution in [1.82, 2.24) is 0 Å². The van der Waals surface area contributed by atoms with Crippen LogP contribution in [0.25, 0.3) is 76.9 Å². The van der Waals surface area contributed by atoms with Crippen molar-refractivity contribution in [2.45, 2.75) is 0 Å². The zero-order chi connectivity index (χ0) is 32.3. The van der Waals surface area contributed by atoms with Crippen LogP contribution in [0.4, 0.5) is 17.1 Å². The summed E-state index contributed by atoms with van der Waals surface area (Å²) in [6, 6.07) is 62.0. The third-order valence-corrected chi connectivity index (χ3v) is 9.65. The molecule has 230 valence electrons. The van der Waals surface area contributed by atoms with Crippen LogP contribution in [0.3, 0.4) is 0 Å². The number of hydrogen-bond acceptors (Lipinski definition) is 3. The van der Waals surface area contributed by atoms with Crippen molar-refractivity contribution in [3.05, 3.63) is 176 Å². The van der Waals surface area contributed by atoms with Crippen LogP contribution in [0.5, 0.6) is 0 Å². The number of para-hydroxylation sites is 2. The lowest BCUT2D eigenvalue weighted by molar-refractivity contribution is 0.669.